The molecule has 0 aromatic heterocycles. The van der Waals surface area contributed by atoms with Crippen LogP contribution in [0.5, 0.6) is 0 Å². The third-order valence-electron chi connectivity index (χ3n) is 3.53. The van der Waals surface area contributed by atoms with Crippen molar-refractivity contribution in [1.29, 1.82) is 0 Å². The number of alkyl halides is 3. The first kappa shape index (κ1) is 20.5. The van der Waals surface area contributed by atoms with E-state index < -0.39 is 27.7 Å². The number of nitrogens with one attached hydrogen (secondary N) is 2. The van der Waals surface area contributed by atoms with E-state index in [2.05, 4.69) is 16.0 Å². The maximum atomic E-state index is 12.5. The Morgan fingerprint density at radius 1 is 1.04 bits per heavy atom. The molecule has 0 spiro atoms. The zero-order chi connectivity index (χ0) is 20.1. The number of carbonyl (C=O) groups is 1. The summed E-state index contributed by atoms with van der Waals surface area (Å²) < 4.78 is 63.5. The summed E-state index contributed by atoms with van der Waals surface area (Å²) in [5, 5.41) is 2.55. The molecule has 0 unspecified atom stereocenters. The van der Waals surface area contributed by atoms with Gasteiger partial charge in [-0.15, -0.1) is 6.42 Å². The van der Waals surface area contributed by atoms with E-state index in [0.717, 1.165) is 12.1 Å². The van der Waals surface area contributed by atoms with Crippen LogP contribution in [0.1, 0.15) is 21.5 Å². The maximum Gasteiger partial charge on any atom is 0.416 e. The summed E-state index contributed by atoms with van der Waals surface area (Å²) in [4.78, 5) is 12.1. The smallest absolute Gasteiger partial charge is 0.348 e. The van der Waals surface area contributed by atoms with Crippen molar-refractivity contribution < 1.29 is 26.4 Å². The Kier molecular flexibility index (Phi) is 6.25. The van der Waals surface area contributed by atoms with Crippen LogP contribution in [0.2, 0.25) is 0 Å². The monoisotopic (exact) mass is 396 g/mol. The van der Waals surface area contributed by atoms with Gasteiger partial charge in [-0.25, -0.2) is 8.42 Å². The second-order valence-electron chi connectivity index (χ2n) is 5.43. The molecule has 0 aliphatic rings. The highest BCUT2D eigenvalue weighted by molar-refractivity contribution is 7.89. The maximum absolute atomic E-state index is 12.5. The molecule has 27 heavy (non-hydrogen) atoms. The fourth-order valence-electron chi connectivity index (χ4n) is 2.10. The first-order valence-electron chi connectivity index (χ1n) is 7.61. The molecule has 2 aromatic rings. The minimum atomic E-state index is -4.42. The minimum Gasteiger partial charge on any atom is -0.348 e. The molecule has 0 aliphatic carbocycles. The number of halogens is 3. The molecule has 142 valence electrons. The first-order chi connectivity index (χ1) is 12.6. The molecule has 0 saturated carbocycles. The molecule has 2 N–H and O–H groups in total. The third kappa shape index (κ3) is 5.57. The van der Waals surface area contributed by atoms with Gasteiger partial charge in [0.05, 0.1) is 17.0 Å². The molecule has 0 fully saturated rings. The molecule has 9 heteroatoms. The summed E-state index contributed by atoms with van der Waals surface area (Å²) >= 11 is 0. The largest absolute Gasteiger partial charge is 0.416 e. The van der Waals surface area contributed by atoms with Gasteiger partial charge in [-0.1, -0.05) is 18.1 Å². The predicted molar refractivity (Wildman–Crippen MR) is 93.1 cm³/mol. The highest BCUT2D eigenvalue weighted by Crippen LogP contribution is 2.29. The normalized spacial score (nSPS) is 11.6. The van der Waals surface area contributed by atoms with Crippen molar-refractivity contribution in [3.8, 4) is 12.3 Å². The molecule has 1 amide bonds. The zero-order valence-corrected chi connectivity index (χ0v) is 14.7. The van der Waals surface area contributed by atoms with Gasteiger partial charge in [0.25, 0.3) is 5.91 Å². The number of sulfonamides is 1. The van der Waals surface area contributed by atoms with Gasteiger partial charge in [0, 0.05) is 12.1 Å². The van der Waals surface area contributed by atoms with Crippen LogP contribution in [0.4, 0.5) is 13.2 Å². The second-order valence-corrected chi connectivity index (χ2v) is 7.20. The van der Waals surface area contributed by atoms with Crippen molar-refractivity contribution in [3.05, 3.63) is 65.2 Å². The van der Waals surface area contributed by atoms with Crippen molar-refractivity contribution in [2.75, 3.05) is 6.54 Å². The van der Waals surface area contributed by atoms with Crippen LogP contribution in [0.15, 0.2) is 53.4 Å². The van der Waals surface area contributed by atoms with Gasteiger partial charge in [0.1, 0.15) is 0 Å². The summed E-state index contributed by atoms with van der Waals surface area (Å²) in [5.74, 6) is 1.66. The lowest BCUT2D eigenvalue weighted by Gasteiger charge is -2.09. The topological polar surface area (TPSA) is 75.3 Å². The fourth-order valence-corrected chi connectivity index (χ4v) is 3.04. The average molecular weight is 396 g/mol. The van der Waals surface area contributed by atoms with E-state index in [1.165, 1.54) is 36.4 Å². The Balaban J connectivity index is 1.99. The van der Waals surface area contributed by atoms with Crippen LogP contribution in [0.3, 0.4) is 0 Å². The number of benzene rings is 2. The fraction of sp³-hybridized carbons (Fsp3) is 0.167. The van der Waals surface area contributed by atoms with Crippen molar-refractivity contribution >= 4 is 15.9 Å². The Bertz CT molecular complexity index is 945. The third-order valence-corrected chi connectivity index (χ3v) is 4.94. The Morgan fingerprint density at radius 3 is 2.15 bits per heavy atom. The molecule has 2 rings (SSSR count). The van der Waals surface area contributed by atoms with Gasteiger partial charge < -0.3 is 5.32 Å². The standard InChI is InChI=1S/C18H15F3N2O3S/c1-2-11-23-27(25,26)16-9-5-14(6-10-16)17(24)22-12-13-3-7-15(8-4-13)18(19,20)21/h1,3-10,23H,11-12H2,(H,22,24). The summed E-state index contributed by atoms with van der Waals surface area (Å²) in [6, 6.07) is 9.58. The number of hydrogen-bond donors (Lipinski definition) is 2. The lowest BCUT2D eigenvalue weighted by Crippen LogP contribution is -2.25. The predicted octanol–water partition coefficient (Wildman–Crippen LogP) is 2.55. The lowest BCUT2D eigenvalue weighted by atomic mass is 10.1. The van der Waals surface area contributed by atoms with E-state index in [0.29, 0.717) is 5.56 Å². The second kappa shape index (κ2) is 8.24. The molecular weight excluding hydrogens is 381 g/mol. The van der Waals surface area contributed by atoms with Crippen LogP contribution in [-0.2, 0) is 22.7 Å². The number of amides is 1. The zero-order valence-electron chi connectivity index (χ0n) is 13.9. The highest BCUT2D eigenvalue weighted by Gasteiger charge is 2.29. The molecule has 0 bridgehead atoms. The van der Waals surface area contributed by atoms with Gasteiger partial charge in [-0.05, 0) is 42.0 Å². The summed E-state index contributed by atoms with van der Waals surface area (Å²) in [7, 11) is -3.75. The Morgan fingerprint density at radius 2 is 1.63 bits per heavy atom. The quantitative estimate of drug-likeness (QED) is 0.737. The Hall–Kier alpha value is -2.83. The molecule has 0 saturated heterocycles. The minimum absolute atomic E-state index is 0.0285. The number of terminal acetylenes is 1. The van der Waals surface area contributed by atoms with E-state index in [1.54, 1.807) is 0 Å². The molecule has 5 nitrogen and oxygen atoms in total. The van der Waals surface area contributed by atoms with Gasteiger partial charge in [0.15, 0.2) is 0 Å². The van der Waals surface area contributed by atoms with E-state index in [9.17, 15) is 26.4 Å². The van der Waals surface area contributed by atoms with Crippen LogP contribution in [0, 0.1) is 12.3 Å². The number of rotatable bonds is 6. The molecule has 2 aromatic carbocycles. The van der Waals surface area contributed by atoms with Gasteiger partial charge >= 0.3 is 6.18 Å². The summed E-state index contributed by atoms with van der Waals surface area (Å²) in [6.45, 7) is -0.127. The van der Waals surface area contributed by atoms with Crippen molar-refractivity contribution in [3.63, 3.8) is 0 Å². The number of carbonyl (C=O) groups excluding carboxylic acids is 1. The van der Waals surface area contributed by atoms with Crippen LogP contribution in [-0.4, -0.2) is 20.9 Å². The highest BCUT2D eigenvalue weighted by atomic mass is 32.2. The van der Waals surface area contributed by atoms with Crippen molar-refractivity contribution in [2.45, 2.75) is 17.6 Å². The van der Waals surface area contributed by atoms with Crippen LogP contribution in [0.25, 0.3) is 0 Å². The van der Waals surface area contributed by atoms with Crippen LogP contribution < -0.4 is 10.0 Å². The summed E-state index contributed by atoms with van der Waals surface area (Å²) in [6.07, 6.45) is 0.585. The molecular formula is C18H15F3N2O3S. The Labute approximate surface area is 154 Å². The van der Waals surface area contributed by atoms with Crippen molar-refractivity contribution in [1.82, 2.24) is 10.0 Å². The first-order valence-corrected chi connectivity index (χ1v) is 9.09. The van der Waals surface area contributed by atoms with E-state index in [4.69, 9.17) is 6.42 Å². The average Bonchev–Trinajstić information content (AvgIpc) is 2.64. The van der Waals surface area contributed by atoms with Crippen LogP contribution >= 0.6 is 0 Å². The van der Waals surface area contributed by atoms with E-state index in [1.807, 2.05) is 0 Å². The number of hydrogen-bond acceptors (Lipinski definition) is 3. The van der Waals surface area contributed by atoms with Gasteiger partial charge in [0.2, 0.25) is 10.0 Å². The van der Waals surface area contributed by atoms with Crippen molar-refractivity contribution in [2.24, 2.45) is 0 Å². The van der Waals surface area contributed by atoms with E-state index >= 15 is 0 Å². The van der Waals surface area contributed by atoms with Gasteiger partial charge in [-0.3, -0.25) is 4.79 Å². The van der Waals surface area contributed by atoms with Gasteiger partial charge in [-0.2, -0.15) is 17.9 Å². The lowest BCUT2D eigenvalue weighted by molar-refractivity contribution is -0.137. The summed E-state index contributed by atoms with van der Waals surface area (Å²) in [5.41, 5.74) is -0.0698. The SMILES string of the molecule is C#CCNS(=O)(=O)c1ccc(C(=O)NCc2ccc(C(F)(F)F)cc2)cc1. The molecule has 0 heterocycles. The molecule has 0 atom stereocenters. The molecule has 0 radical (unpaired) electrons. The molecule has 0 aliphatic heterocycles. The van der Waals surface area contributed by atoms with E-state index in [-0.39, 0.29) is 23.5 Å².